The Morgan fingerprint density at radius 2 is 1.62 bits per heavy atom. The summed E-state index contributed by atoms with van der Waals surface area (Å²) < 4.78 is 0. The Morgan fingerprint density at radius 3 is 2.14 bits per heavy atom. The van der Waals surface area contributed by atoms with Crippen molar-refractivity contribution in [2.75, 3.05) is 6.54 Å². The molecule has 0 heterocycles. The van der Waals surface area contributed by atoms with E-state index in [1.54, 1.807) is 0 Å². The standard InChI is InChI=1S/C20H35N/c1-6-9-19(21-16-7-2)11-8-10-17-12-14-18(15-13-17)20(3,4)5/h12-15,19,21H,6-11,16H2,1-5H3. The second-order valence-corrected chi connectivity index (χ2v) is 7.28. The van der Waals surface area contributed by atoms with Crippen molar-refractivity contribution in [3.8, 4) is 0 Å². The molecule has 0 aliphatic rings. The van der Waals surface area contributed by atoms with Crippen molar-refractivity contribution in [2.24, 2.45) is 0 Å². The highest BCUT2D eigenvalue weighted by Crippen LogP contribution is 2.22. The molecule has 1 aromatic rings. The average Bonchev–Trinajstić information content (AvgIpc) is 2.44. The first kappa shape index (κ1) is 18.2. The van der Waals surface area contributed by atoms with Gasteiger partial charge in [-0.15, -0.1) is 0 Å². The van der Waals surface area contributed by atoms with Gasteiger partial charge < -0.3 is 5.32 Å². The van der Waals surface area contributed by atoms with Crippen LogP contribution in [0.4, 0.5) is 0 Å². The topological polar surface area (TPSA) is 12.0 Å². The van der Waals surface area contributed by atoms with E-state index < -0.39 is 0 Å². The van der Waals surface area contributed by atoms with Crippen LogP contribution in [0, 0.1) is 0 Å². The number of benzene rings is 1. The van der Waals surface area contributed by atoms with Crippen molar-refractivity contribution >= 4 is 0 Å². The van der Waals surface area contributed by atoms with Gasteiger partial charge in [-0.1, -0.05) is 65.3 Å². The molecule has 1 rings (SSSR count). The molecule has 0 spiro atoms. The summed E-state index contributed by atoms with van der Waals surface area (Å²) in [6.07, 6.45) is 7.61. The lowest BCUT2D eigenvalue weighted by molar-refractivity contribution is 0.438. The SMILES string of the molecule is CCCNC(CCC)CCCc1ccc(C(C)(C)C)cc1. The third-order valence-electron chi connectivity index (χ3n) is 4.16. The fourth-order valence-corrected chi connectivity index (χ4v) is 2.77. The molecule has 0 saturated carbocycles. The Kier molecular flexibility index (Phi) is 8.03. The quantitative estimate of drug-likeness (QED) is 0.635. The van der Waals surface area contributed by atoms with Gasteiger partial charge in [0.25, 0.3) is 0 Å². The third kappa shape index (κ3) is 7.13. The molecule has 0 radical (unpaired) electrons. The molecule has 21 heavy (non-hydrogen) atoms. The minimum atomic E-state index is 0.259. The molecule has 0 aliphatic heterocycles. The van der Waals surface area contributed by atoms with Gasteiger partial charge in [0.15, 0.2) is 0 Å². The monoisotopic (exact) mass is 289 g/mol. The van der Waals surface area contributed by atoms with Gasteiger partial charge in [0, 0.05) is 6.04 Å². The predicted octanol–water partition coefficient (Wildman–Crippen LogP) is 5.48. The fourth-order valence-electron chi connectivity index (χ4n) is 2.77. The largest absolute Gasteiger partial charge is 0.314 e. The molecular formula is C20H35N. The summed E-state index contributed by atoms with van der Waals surface area (Å²) in [5, 5.41) is 3.69. The molecule has 0 bridgehead atoms. The van der Waals surface area contributed by atoms with Crippen LogP contribution in [0.1, 0.15) is 77.8 Å². The van der Waals surface area contributed by atoms with Gasteiger partial charge in [0.05, 0.1) is 0 Å². The molecule has 1 unspecified atom stereocenters. The number of hydrogen-bond donors (Lipinski definition) is 1. The normalized spacial score (nSPS) is 13.4. The van der Waals surface area contributed by atoms with Gasteiger partial charge in [-0.2, -0.15) is 0 Å². The zero-order valence-electron chi connectivity index (χ0n) is 14.8. The summed E-state index contributed by atoms with van der Waals surface area (Å²) in [5.41, 5.74) is 3.17. The molecule has 120 valence electrons. The molecule has 1 nitrogen and oxygen atoms in total. The first-order valence-electron chi connectivity index (χ1n) is 8.80. The maximum Gasteiger partial charge on any atom is 0.00670 e. The highest BCUT2D eigenvalue weighted by Gasteiger charge is 2.12. The van der Waals surface area contributed by atoms with Crippen molar-refractivity contribution in [1.82, 2.24) is 5.32 Å². The Hall–Kier alpha value is -0.820. The number of rotatable bonds is 9. The molecule has 1 N–H and O–H groups in total. The predicted molar refractivity (Wildman–Crippen MR) is 95.1 cm³/mol. The van der Waals surface area contributed by atoms with Crippen molar-refractivity contribution in [3.05, 3.63) is 35.4 Å². The Balaban J connectivity index is 2.40. The van der Waals surface area contributed by atoms with E-state index in [1.165, 1.54) is 49.7 Å². The maximum atomic E-state index is 3.69. The molecule has 0 aliphatic carbocycles. The van der Waals surface area contributed by atoms with E-state index in [2.05, 4.69) is 64.2 Å². The molecule has 1 aromatic carbocycles. The number of nitrogens with one attached hydrogen (secondary N) is 1. The first-order chi connectivity index (χ1) is 9.97. The summed E-state index contributed by atoms with van der Waals surface area (Å²) >= 11 is 0. The van der Waals surface area contributed by atoms with E-state index in [-0.39, 0.29) is 5.41 Å². The molecular weight excluding hydrogens is 254 g/mol. The lowest BCUT2D eigenvalue weighted by atomic mass is 9.86. The van der Waals surface area contributed by atoms with Gasteiger partial charge in [0.1, 0.15) is 0 Å². The van der Waals surface area contributed by atoms with Crippen LogP contribution in [-0.2, 0) is 11.8 Å². The average molecular weight is 290 g/mol. The minimum Gasteiger partial charge on any atom is -0.314 e. The molecule has 0 amide bonds. The maximum absolute atomic E-state index is 3.69. The minimum absolute atomic E-state index is 0.259. The van der Waals surface area contributed by atoms with E-state index in [1.807, 2.05) is 0 Å². The van der Waals surface area contributed by atoms with Crippen molar-refractivity contribution in [2.45, 2.75) is 84.6 Å². The summed E-state index contributed by atoms with van der Waals surface area (Å²) in [5.74, 6) is 0. The smallest absolute Gasteiger partial charge is 0.00670 e. The molecule has 0 aromatic heterocycles. The van der Waals surface area contributed by atoms with Gasteiger partial charge in [-0.05, 0) is 55.2 Å². The number of hydrogen-bond acceptors (Lipinski definition) is 1. The summed E-state index contributed by atoms with van der Waals surface area (Å²) in [7, 11) is 0. The van der Waals surface area contributed by atoms with Crippen molar-refractivity contribution in [1.29, 1.82) is 0 Å². The molecule has 0 saturated heterocycles. The lowest BCUT2D eigenvalue weighted by Gasteiger charge is -2.19. The molecule has 1 atom stereocenters. The van der Waals surface area contributed by atoms with Crippen LogP contribution in [0.5, 0.6) is 0 Å². The van der Waals surface area contributed by atoms with Gasteiger partial charge in [-0.25, -0.2) is 0 Å². The Morgan fingerprint density at radius 1 is 0.952 bits per heavy atom. The van der Waals surface area contributed by atoms with Crippen LogP contribution in [0.25, 0.3) is 0 Å². The van der Waals surface area contributed by atoms with Crippen LogP contribution in [0.15, 0.2) is 24.3 Å². The van der Waals surface area contributed by atoms with Gasteiger partial charge >= 0.3 is 0 Å². The second-order valence-electron chi connectivity index (χ2n) is 7.28. The summed E-state index contributed by atoms with van der Waals surface area (Å²) in [6, 6.07) is 9.94. The zero-order chi connectivity index (χ0) is 15.7. The van der Waals surface area contributed by atoms with Crippen molar-refractivity contribution < 1.29 is 0 Å². The highest BCUT2D eigenvalue weighted by molar-refractivity contribution is 5.27. The highest BCUT2D eigenvalue weighted by atomic mass is 14.9. The molecule has 1 heteroatoms. The fraction of sp³-hybridized carbons (Fsp3) is 0.700. The van der Waals surface area contributed by atoms with Crippen LogP contribution in [0.2, 0.25) is 0 Å². The lowest BCUT2D eigenvalue weighted by Crippen LogP contribution is -2.29. The Labute approximate surface area is 132 Å². The summed E-state index contributed by atoms with van der Waals surface area (Å²) in [4.78, 5) is 0. The molecule has 0 fully saturated rings. The van der Waals surface area contributed by atoms with Gasteiger partial charge in [0.2, 0.25) is 0 Å². The van der Waals surface area contributed by atoms with E-state index in [0.29, 0.717) is 6.04 Å². The van der Waals surface area contributed by atoms with E-state index in [0.717, 1.165) is 6.54 Å². The van der Waals surface area contributed by atoms with E-state index in [4.69, 9.17) is 0 Å². The van der Waals surface area contributed by atoms with Crippen LogP contribution < -0.4 is 5.32 Å². The van der Waals surface area contributed by atoms with E-state index >= 15 is 0 Å². The first-order valence-corrected chi connectivity index (χ1v) is 8.80. The van der Waals surface area contributed by atoms with Crippen LogP contribution in [0.3, 0.4) is 0 Å². The van der Waals surface area contributed by atoms with Gasteiger partial charge in [-0.3, -0.25) is 0 Å². The second kappa shape index (κ2) is 9.25. The van der Waals surface area contributed by atoms with Crippen LogP contribution >= 0.6 is 0 Å². The summed E-state index contributed by atoms with van der Waals surface area (Å²) in [6.45, 7) is 12.5. The van der Waals surface area contributed by atoms with E-state index in [9.17, 15) is 0 Å². The van der Waals surface area contributed by atoms with Crippen LogP contribution in [-0.4, -0.2) is 12.6 Å². The number of aryl methyl sites for hydroxylation is 1. The third-order valence-corrected chi connectivity index (χ3v) is 4.16. The zero-order valence-corrected chi connectivity index (χ0v) is 14.8. The van der Waals surface area contributed by atoms with Crippen molar-refractivity contribution in [3.63, 3.8) is 0 Å². The Bertz CT molecular complexity index is 372.